The van der Waals surface area contributed by atoms with Gasteiger partial charge < -0.3 is 9.47 Å². The lowest BCUT2D eigenvalue weighted by Crippen LogP contribution is -2.54. The van der Waals surface area contributed by atoms with Gasteiger partial charge in [0.2, 0.25) is 0 Å². The van der Waals surface area contributed by atoms with Crippen molar-refractivity contribution in [2.24, 2.45) is 0 Å². The van der Waals surface area contributed by atoms with Crippen LogP contribution in [-0.4, -0.2) is 37.2 Å². The first-order valence-electron chi connectivity index (χ1n) is 3.14. The maximum atomic E-state index is 12.2. The van der Waals surface area contributed by atoms with Crippen molar-refractivity contribution in [2.75, 3.05) is 14.2 Å². The van der Waals surface area contributed by atoms with Crippen LogP contribution in [0.25, 0.3) is 0 Å². The van der Waals surface area contributed by atoms with Crippen molar-refractivity contribution in [3.63, 3.8) is 0 Å². The Morgan fingerprint density at radius 1 is 1.07 bits per heavy atom. The predicted molar refractivity (Wildman–Crippen MR) is 38.7 cm³/mol. The highest BCUT2D eigenvalue weighted by Gasteiger charge is 2.67. The van der Waals surface area contributed by atoms with Crippen LogP contribution in [0.4, 0.5) is 13.2 Å². The van der Waals surface area contributed by atoms with Crippen molar-refractivity contribution in [1.29, 1.82) is 0 Å². The molecule has 0 aromatic heterocycles. The summed E-state index contributed by atoms with van der Waals surface area (Å²) in [5.74, 6) is -3.86. The number of methoxy groups -OCH3 is 2. The minimum Gasteiger partial charge on any atom is -0.467 e. The minimum absolute atomic E-state index is 0.675. The smallest absolute Gasteiger partial charge is 0.429 e. The highest BCUT2D eigenvalue weighted by molar-refractivity contribution is 6.45. The van der Waals surface area contributed by atoms with Crippen LogP contribution in [0, 0.1) is 0 Å². The van der Waals surface area contributed by atoms with E-state index in [0.29, 0.717) is 14.2 Å². The van der Waals surface area contributed by atoms with Gasteiger partial charge in [-0.05, 0) is 0 Å². The summed E-state index contributed by atoms with van der Waals surface area (Å²) in [4.78, 5) is 17.6. The molecule has 0 N–H and O–H groups in total. The second-order valence-electron chi connectivity index (χ2n) is 2.14. The molecule has 0 saturated carbocycles. The highest BCUT2D eigenvalue weighted by atomic mass is 35.5. The number of esters is 2. The number of halogens is 4. The van der Waals surface area contributed by atoms with Crippen LogP contribution in [-0.2, 0) is 19.1 Å². The maximum absolute atomic E-state index is 12.2. The topological polar surface area (TPSA) is 52.6 Å². The molecular formula is C6H6ClF3O4. The fourth-order valence-corrected chi connectivity index (χ4v) is 0.750. The fraction of sp³-hybridized carbons (Fsp3) is 0.667. The lowest BCUT2D eigenvalue weighted by atomic mass is 10.1. The van der Waals surface area contributed by atoms with Crippen LogP contribution in [0.2, 0.25) is 0 Å². The molecule has 0 spiro atoms. The Bertz CT molecular complexity index is 234. The summed E-state index contributed by atoms with van der Waals surface area (Å²) >= 11 is 4.84. The number of carbonyl (C=O) groups is 2. The molecule has 0 saturated heterocycles. The fourth-order valence-electron chi connectivity index (χ4n) is 0.596. The number of hydrogen-bond acceptors (Lipinski definition) is 4. The van der Waals surface area contributed by atoms with E-state index in [1.165, 1.54) is 0 Å². The molecule has 0 aromatic rings. The molecule has 0 bridgehead atoms. The molecule has 0 rings (SSSR count). The van der Waals surface area contributed by atoms with Crippen LogP contribution >= 0.6 is 11.6 Å². The van der Waals surface area contributed by atoms with Crippen LogP contribution in [0.3, 0.4) is 0 Å². The first-order valence-corrected chi connectivity index (χ1v) is 3.52. The van der Waals surface area contributed by atoms with Crippen molar-refractivity contribution in [3.8, 4) is 0 Å². The first-order chi connectivity index (χ1) is 6.21. The van der Waals surface area contributed by atoms with E-state index in [9.17, 15) is 22.8 Å². The van der Waals surface area contributed by atoms with Gasteiger partial charge in [-0.25, -0.2) is 9.59 Å². The van der Waals surface area contributed by atoms with E-state index >= 15 is 0 Å². The van der Waals surface area contributed by atoms with E-state index in [4.69, 9.17) is 11.6 Å². The summed E-state index contributed by atoms with van der Waals surface area (Å²) in [7, 11) is 1.35. The predicted octanol–water partition coefficient (Wildman–Crippen LogP) is 0.872. The molecule has 0 aliphatic heterocycles. The molecule has 4 nitrogen and oxygen atoms in total. The normalized spacial score (nSPS) is 12.1. The minimum atomic E-state index is -5.28. The van der Waals surface area contributed by atoms with Gasteiger partial charge in [0.1, 0.15) is 0 Å². The molecule has 0 heterocycles. The molecule has 0 fully saturated rings. The second kappa shape index (κ2) is 4.04. The van der Waals surface area contributed by atoms with Crippen molar-refractivity contribution >= 4 is 23.5 Å². The Morgan fingerprint density at radius 2 is 1.36 bits per heavy atom. The van der Waals surface area contributed by atoms with Crippen LogP contribution in [0.15, 0.2) is 0 Å². The molecule has 8 heteroatoms. The third-order valence-electron chi connectivity index (χ3n) is 1.32. The third-order valence-corrected chi connectivity index (χ3v) is 1.85. The highest BCUT2D eigenvalue weighted by Crippen LogP contribution is 2.38. The van der Waals surface area contributed by atoms with Gasteiger partial charge in [-0.15, -0.1) is 0 Å². The van der Waals surface area contributed by atoms with Crippen LogP contribution < -0.4 is 0 Å². The van der Waals surface area contributed by atoms with Crippen molar-refractivity contribution in [1.82, 2.24) is 0 Å². The molecule has 82 valence electrons. The number of rotatable bonds is 2. The number of carbonyl (C=O) groups excluding carboxylic acids is 2. The molecule has 0 atom stereocenters. The number of ether oxygens (including phenoxy) is 2. The van der Waals surface area contributed by atoms with E-state index in [0.717, 1.165) is 0 Å². The summed E-state index contributed by atoms with van der Waals surface area (Å²) in [6.45, 7) is 0. The van der Waals surface area contributed by atoms with Gasteiger partial charge in [0, 0.05) is 0 Å². The summed E-state index contributed by atoms with van der Waals surface area (Å²) < 4.78 is 44.3. The molecule has 14 heavy (non-hydrogen) atoms. The lowest BCUT2D eigenvalue weighted by Gasteiger charge is -2.23. The van der Waals surface area contributed by atoms with E-state index in [1.54, 1.807) is 0 Å². The molecule has 0 radical (unpaired) electrons. The van der Waals surface area contributed by atoms with E-state index in [1.807, 2.05) is 0 Å². The summed E-state index contributed by atoms with van der Waals surface area (Å²) in [6, 6.07) is 0. The zero-order valence-corrected chi connectivity index (χ0v) is 7.90. The average Bonchev–Trinajstić information content (AvgIpc) is 2.12. The largest absolute Gasteiger partial charge is 0.467 e. The summed E-state index contributed by atoms with van der Waals surface area (Å²) in [5, 5.41) is 0. The standard InChI is InChI=1S/C6H6ClF3O4/c1-13-3(11)5(7,4(12)14-2)6(8,9)10/h1-2H3. The molecule has 0 aliphatic rings. The summed E-state index contributed by atoms with van der Waals surface area (Å²) in [5.41, 5.74) is 0. The van der Waals surface area contributed by atoms with Gasteiger partial charge in [0.25, 0.3) is 0 Å². The molecular weight excluding hydrogens is 229 g/mol. The molecule has 0 aliphatic carbocycles. The second-order valence-corrected chi connectivity index (χ2v) is 2.71. The zero-order valence-electron chi connectivity index (χ0n) is 7.14. The Balaban J connectivity index is 5.27. The van der Waals surface area contributed by atoms with Crippen LogP contribution in [0.1, 0.15) is 0 Å². The van der Waals surface area contributed by atoms with Gasteiger partial charge in [0.05, 0.1) is 14.2 Å². The number of alkyl halides is 4. The molecule has 0 aromatic carbocycles. The van der Waals surface area contributed by atoms with Gasteiger partial charge >= 0.3 is 23.0 Å². The third kappa shape index (κ3) is 1.92. The van der Waals surface area contributed by atoms with Crippen molar-refractivity contribution in [3.05, 3.63) is 0 Å². The SMILES string of the molecule is COC(=O)C(Cl)(C(=O)OC)C(F)(F)F. The Hall–Kier alpha value is -0.980. The van der Waals surface area contributed by atoms with Gasteiger partial charge in [-0.1, -0.05) is 11.6 Å². The maximum Gasteiger partial charge on any atom is 0.429 e. The monoisotopic (exact) mass is 234 g/mol. The van der Waals surface area contributed by atoms with Gasteiger partial charge in [0.15, 0.2) is 0 Å². The molecule has 0 unspecified atom stereocenters. The summed E-state index contributed by atoms with van der Waals surface area (Å²) in [6.07, 6.45) is -5.28. The van der Waals surface area contributed by atoms with E-state index < -0.39 is 23.0 Å². The van der Waals surface area contributed by atoms with Crippen LogP contribution in [0.5, 0.6) is 0 Å². The zero-order chi connectivity index (χ0) is 11.6. The first kappa shape index (κ1) is 13.0. The number of hydrogen-bond donors (Lipinski definition) is 0. The average molecular weight is 235 g/mol. The van der Waals surface area contributed by atoms with E-state index in [-0.39, 0.29) is 0 Å². The van der Waals surface area contributed by atoms with Gasteiger partial charge in [-0.3, -0.25) is 0 Å². The molecule has 0 amide bonds. The Labute approximate surface area is 81.9 Å². The Kier molecular flexibility index (Phi) is 3.75. The Morgan fingerprint density at radius 3 is 1.50 bits per heavy atom. The van der Waals surface area contributed by atoms with Crippen molar-refractivity contribution < 1.29 is 32.2 Å². The quantitative estimate of drug-likeness (QED) is 0.404. The van der Waals surface area contributed by atoms with Crippen molar-refractivity contribution in [2.45, 2.75) is 11.1 Å². The van der Waals surface area contributed by atoms with E-state index in [2.05, 4.69) is 9.47 Å². The van der Waals surface area contributed by atoms with Gasteiger partial charge in [-0.2, -0.15) is 13.2 Å². The lowest BCUT2D eigenvalue weighted by molar-refractivity contribution is -0.198.